The molecule has 24 heavy (non-hydrogen) atoms. The second kappa shape index (κ2) is 9.64. The lowest BCUT2D eigenvalue weighted by Gasteiger charge is -2.36. The van der Waals surface area contributed by atoms with E-state index < -0.39 is 0 Å². The molecule has 0 spiro atoms. The van der Waals surface area contributed by atoms with E-state index >= 15 is 0 Å². The van der Waals surface area contributed by atoms with Crippen molar-refractivity contribution in [3.63, 3.8) is 0 Å². The molecule has 5 nitrogen and oxygen atoms in total. The van der Waals surface area contributed by atoms with Crippen LogP contribution >= 0.6 is 0 Å². The van der Waals surface area contributed by atoms with Crippen LogP contribution in [0.3, 0.4) is 0 Å². The molecule has 0 saturated carbocycles. The molecular formula is C19H33N5. The van der Waals surface area contributed by atoms with Crippen LogP contribution in [0.15, 0.2) is 29.3 Å². The number of nitrogens with one attached hydrogen (secondary N) is 2. The molecular weight excluding hydrogens is 298 g/mol. The highest BCUT2D eigenvalue weighted by Gasteiger charge is 2.18. The van der Waals surface area contributed by atoms with E-state index in [0.29, 0.717) is 12.6 Å². The first kappa shape index (κ1) is 18.7. The van der Waals surface area contributed by atoms with Gasteiger partial charge in [-0.25, -0.2) is 4.99 Å². The fourth-order valence-electron chi connectivity index (χ4n) is 2.84. The summed E-state index contributed by atoms with van der Waals surface area (Å²) >= 11 is 0. The Morgan fingerprint density at radius 2 is 1.79 bits per heavy atom. The molecule has 0 amide bonds. The van der Waals surface area contributed by atoms with Crippen LogP contribution < -0.4 is 10.6 Å². The number of benzene rings is 1. The lowest BCUT2D eigenvalue weighted by atomic mass is 10.1. The highest BCUT2D eigenvalue weighted by atomic mass is 15.3. The fraction of sp³-hybridized carbons (Fsp3) is 0.632. The van der Waals surface area contributed by atoms with Crippen molar-refractivity contribution >= 4 is 5.96 Å². The van der Waals surface area contributed by atoms with Crippen molar-refractivity contribution in [1.29, 1.82) is 0 Å². The molecule has 1 unspecified atom stereocenters. The third-order valence-corrected chi connectivity index (χ3v) is 4.61. The van der Waals surface area contributed by atoms with E-state index in [4.69, 9.17) is 4.99 Å². The van der Waals surface area contributed by atoms with E-state index in [9.17, 15) is 0 Å². The number of guanidine groups is 1. The van der Waals surface area contributed by atoms with Crippen LogP contribution in [-0.2, 0) is 6.54 Å². The number of rotatable bonds is 6. The van der Waals surface area contributed by atoms with Crippen molar-refractivity contribution in [3.8, 4) is 0 Å². The summed E-state index contributed by atoms with van der Waals surface area (Å²) < 4.78 is 0. The van der Waals surface area contributed by atoms with Gasteiger partial charge < -0.3 is 15.5 Å². The zero-order chi connectivity index (χ0) is 17.4. The van der Waals surface area contributed by atoms with Gasteiger partial charge in [-0.2, -0.15) is 0 Å². The van der Waals surface area contributed by atoms with E-state index in [2.05, 4.69) is 72.5 Å². The number of piperazine rings is 1. The summed E-state index contributed by atoms with van der Waals surface area (Å²) in [6.07, 6.45) is 0. The van der Waals surface area contributed by atoms with Crippen molar-refractivity contribution in [2.24, 2.45) is 4.99 Å². The van der Waals surface area contributed by atoms with Crippen molar-refractivity contribution < 1.29 is 0 Å². The number of aryl methyl sites for hydroxylation is 1. The molecule has 5 heteroatoms. The second-order valence-corrected chi connectivity index (χ2v) is 6.75. The predicted molar refractivity (Wildman–Crippen MR) is 103 cm³/mol. The van der Waals surface area contributed by atoms with Gasteiger partial charge in [0.15, 0.2) is 5.96 Å². The van der Waals surface area contributed by atoms with Gasteiger partial charge in [-0.3, -0.25) is 4.90 Å². The quantitative estimate of drug-likeness (QED) is 0.615. The Kier molecular flexibility index (Phi) is 7.53. The van der Waals surface area contributed by atoms with Gasteiger partial charge in [0.25, 0.3) is 0 Å². The third-order valence-electron chi connectivity index (χ3n) is 4.61. The van der Waals surface area contributed by atoms with Crippen LogP contribution in [0.4, 0.5) is 0 Å². The zero-order valence-electron chi connectivity index (χ0n) is 15.7. The molecule has 0 aliphatic carbocycles. The fourth-order valence-corrected chi connectivity index (χ4v) is 2.84. The number of aliphatic imine (C=N–C) groups is 1. The van der Waals surface area contributed by atoms with Gasteiger partial charge in [-0.1, -0.05) is 29.8 Å². The predicted octanol–water partition coefficient (Wildman–Crippen LogP) is 1.69. The van der Waals surface area contributed by atoms with Gasteiger partial charge in [0.1, 0.15) is 0 Å². The van der Waals surface area contributed by atoms with Crippen molar-refractivity contribution in [1.82, 2.24) is 20.4 Å². The van der Waals surface area contributed by atoms with Crippen LogP contribution in [0.2, 0.25) is 0 Å². The van der Waals surface area contributed by atoms with Crippen LogP contribution in [0, 0.1) is 6.92 Å². The van der Waals surface area contributed by atoms with E-state index in [0.717, 1.165) is 45.2 Å². The maximum Gasteiger partial charge on any atom is 0.191 e. The van der Waals surface area contributed by atoms with Gasteiger partial charge in [0.05, 0.1) is 6.54 Å². The topological polar surface area (TPSA) is 42.9 Å². The average Bonchev–Trinajstić information content (AvgIpc) is 2.59. The minimum atomic E-state index is 0.516. The summed E-state index contributed by atoms with van der Waals surface area (Å²) in [5, 5.41) is 6.84. The summed E-state index contributed by atoms with van der Waals surface area (Å²) in [6.45, 7) is 13.6. The first-order valence-corrected chi connectivity index (χ1v) is 9.08. The normalized spacial score (nSPS) is 18.4. The molecule has 1 aliphatic heterocycles. The van der Waals surface area contributed by atoms with Gasteiger partial charge in [-0.15, -0.1) is 0 Å². The minimum Gasteiger partial charge on any atom is -0.357 e. The van der Waals surface area contributed by atoms with Gasteiger partial charge >= 0.3 is 0 Å². The Hall–Kier alpha value is -1.59. The van der Waals surface area contributed by atoms with Crippen molar-refractivity contribution in [3.05, 3.63) is 35.4 Å². The molecule has 2 rings (SSSR count). The molecule has 0 radical (unpaired) electrons. The van der Waals surface area contributed by atoms with Crippen LogP contribution in [-0.4, -0.2) is 68.1 Å². The molecule has 1 aliphatic rings. The van der Waals surface area contributed by atoms with Gasteiger partial charge in [0, 0.05) is 45.3 Å². The smallest absolute Gasteiger partial charge is 0.191 e. The van der Waals surface area contributed by atoms with Crippen LogP contribution in [0.5, 0.6) is 0 Å². The van der Waals surface area contributed by atoms with Crippen LogP contribution in [0.1, 0.15) is 25.0 Å². The Morgan fingerprint density at radius 3 is 2.42 bits per heavy atom. The van der Waals surface area contributed by atoms with E-state index in [1.165, 1.54) is 11.1 Å². The number of hydrogen-bond donors (Lipinski definition) is 2. The molecule has 0 aromatic heterocycles. The average molecular weight is 332 g/mol. The maximum atomic E-state index is 4.71. The van der Waals surface area contributed by atoms with Gasteiger partial charge in [0.2, 0.25) is 0 Å². The van der Waals surface area contributed by atoms with Gasteiger partial charge in [-0.05, 0) is 33.4 Å². The molecule has 0 bridgehead atoms. The molecule has 1 fully saturated rings. The number of likely N-dealkylation sites (N-methyl/N-ethyl adjacent to an activating group) is 1. The lowest BCUT2D eigenvalue weighted by molar-refractivity contribution is 0.120. The molecule has 1 aromatic rings. The molecule has 1 atom stereocenters. The first-order chi connectivity index (χ1) is 11.6. The molecule has 134 valence electrons. The Labute approximate surface area is 147 Å². The summed E-state index contributed by atoms with van der Waals surface area (Å²) in [7, 11) is 2.20. The number of nitrogens with zero attached hydrogens (tertiary/aromatic N) is 3. The summed E-state index contributed by atoms with van der Waals surface area (Å²) in [4.78, 5) is 9.65. The summed E-state index contributed by atoms with van der Waals surface area (Å²) in [5.41, 5.74) is 2.53. The summed E-state index contributed by atoms with van der Waals surface area (Å²) in [6, 6.07) is 9.09. The first-order valence-electron chi connectivity index (χ1n) is 9.08. The van der Waals surface area contributed by atoms with Crippen LogP contribution in [0.25, 0.3) is 0 Å². The molecule has 1 heterocycles. The Bertz CT molecular complexity index is 503. The summed E-state index contributed by atoms with van der Waals surface area (Å²) in [5.74, 6) is 0.902. The van der Waals surface area contributed by atoms with E-state index in [1.54, 1.807) is 0 Å². The third kappa shape index (κ3) is 6.13. The van der Waals surface area contributed by atoms with Crippen molar-refractivity contribution in [2.45, 2.75) is 33.4 Å². The molecule has 1 saturated heterocycles. The monoisotopic (exact) mass is 331 g/mol. The Morgan fingerprint density at radius 1 is 1.12 bits per heavy atom. The standard InChI is InChI=1S/C19H33N5/c1-5-20-19(22-15-18-8-6-16(2)7-9-18)21-14-17(3)24-12-10-23(4)11-13-24/h6-9,17H,5,10-15H2,1-4H3,(H2,20,21,22). The second-order valence-electron chi connectivity index (χ2n) is 6.75. The maximum absolute atomic E-state index is 4.71. The zero-order valence-corrected chi connectivity index (χ0v) is 15.7. The number of hydrogen-bond acceptors (Lipinski definition) is 3. The van der Waals surface area contributed by atoms with E-state index in [1.807, 2.05) is 0 Å². The SMILES string of the molecule is CCNC(=NCc1ccc(C)cc1)NCC(C)N1CCN(C)CC1. The molecule has 1 aromatic carbocycles. The highest BCUT2D eigenvalue weighted by molar-refractivity contribution is 5.79. The van der Waals surface area contributed by atoms with Crippen molar-refractivity contribution in [2.75, 3.05) is 46.3 Å². The minimum absolute atomic E-state index is 0.516. The molecule has 2 N–H and O–H groups in total. The largest absolute Gasteiger partial charge is 0.357 e. The highest BCUT2D eigenvalue weighted by Crippen LogP contribution is 2.05. The lowest BCUT2D eigenvalue weighted by Crippen LogP contribution is -2.52. The Balaban J connectivity index is 1.83. The van der Waals surface area contributed by atoms with E-state index in [-0.39, 0.29) is 0 Å².